The lowest BCUT2D eigenvalue weighted by molar-refractivity contribution is -0.115. The molecule has 0 unspecified atom stereocenters. The minimum atomic E-state index is -0.795. The van der Waals surface area contributed by atoms with Crippen LogP contribution < -0.4 is 5.32 Å². The van der Waals surface area contributed by atoms with Gasteiger partial charge in [0.05, 0.1) is 0 Å². The first-order valence-electron chi connectivity index (χ1n) is 6.91. The first kappa shape index (κ1) is 16.5. The number of hydrogen-bond donors (Lipinski definition) is 1. The third-order valence-corrected chi connectivity index (χ3v) is 3.72. The lowest BCUT2D eigenvalue weighted by atomic mass is 9.94. The maximum Gasteiger partial charge on any atom is 0.222 e. The Balaban J connectivity index is 2.04. The molecule has 0 fully saturated rings. The Hall–Kier alpha value is -2.89. The van der Waals surface area contributed by atoms with Crippen molar-refractivity contribution in [2.75, 3.05) is 6.54 Å². The zero-order valence-corrected chi connectivity index (χ0v) is 12.9. The van der Waals surface area contributed by atoms with Crippen LogP contribution in [0, 0.1) is 22.7 Å². The summed E-state index contributed by atoms with van der Waals surface area (Å²) in [7, 11) is 0. The summed E-state index contributed by atoms with van der Waals surface area (Å²) in [6.45, 7) is 0.417. The molecule has 1 aromatic carbocycles. The number of allylic oxidation sites excluding steroid dienone is 3. The van der Waals surface area contributed by atoms with Gasteiger partial charge in [-0.05, 0) is 18.4 Å². The summed E-state index contributed by atoms with van der Waals surface area (Å²) >= 11 is 5.87. The van der Waals surface area contributed by atoms with Crippen molar-refractivity contribution < 1.29 is 9.59 Å². The second kappa shape index (κ2) is 7.40. The molecule has 0 radical (unpaired) electrons. The van der Waals surface area contributed by atoms with Crippen LogP contribution in [0.4, 0.5) is 0 Å². The molecule has 2 rings (SSSR count). The van der Waals surface area contributed by atoms with Crippen molar-refractivity contribution in [1.82, 2.24) is 5.32 Å². The quantitative estimate of drug-likeness (QED) is 0.661. The average Bonchev–Trinajstić information content (AvgIpc) is 2.58. The monoisotopic (exact) mass is 325 g/mol. The molecule has 5 nitrogen and oxygen atoms in total. The van der Waals surface area contributed by atoms with Crippen molar-refractivity contribution in [1.29, 1.82) is 10.5 Å². The Morgan fingerprint density at radius 3 is 2.22 bits per heavy atom. The highest BCUT2D eigenvalue weighted by Crippen LogP contribution is 2.25. The van der Waals surface area contributed by atoms with E-state index < -0.39 is 22.7 Å². The van der Waals surface area contributed by atoms with Crippen LogP contribution in [0.25, 0.3) is 0 Å². The first-order chi connectivity index (χ1) is 11.1. The van der Waals surface area contributed by atoms with Crippen molar-refractivity contribution in [2.24, 2.45) is 0 Å². The van der Waals surface area contributed by atoms with E-state index in [9.17, 15) is 9.59 Å². The average molecular weight is 326 g/mol. The predicted octanol–water partition coefficient (Wildman–Crippen LogP) is 2.15. The molecule has 23 heavy (non-hydrogen) atoms. The van der Waals surface area contributed by atoms with Gasteiger partial charge < -0.3 is 5.32 Å². The summed E-state index contributed by atoms with van der Waals surface area (Å²) in [6.07, 6.45) is 1.52. The SMILES string of the molecule is N#CC1=C(C#N)C(=O)C(NCCCc2ccccc2)=C(Cl)C1=O. The largest absolute Gasteiger partial charge is 0.381 e. The van der Waals surface area contributed by atoms with Gasteiger partial charge in [-0.2, -0.15) is 10.5 Å². The summed E-state index contributed by atoms with van der Waals surface area (Å²) < 4.78 is 0. The van der Waals surface area contributed by atoms with E-state index in [-0.39, 0.29) is 10.7 Å². The molecule has 0 bridgehead atoms. The van der Waals surface area contributed by atoms with Crippen LogP contribution in [-0.2, 0) is 16.0 Å². The number of rotatable bonds is 5. The zero-order chi connectivity index (χ0) is 16.8. The molecule has 0 aliphatic heterocycles. The van der Waals surface area contributed by atoms with Gasteiger partial charge in [-0.1, -0.05) is 41.9 Å². The molecular weight excluding hydrogens is 314 g/mol. The van der Waals surface area contributed by atoms with Gasteiger partial charge in [0.25, 0.3) is 0 Å². The fourth-order valence-corrected chi connectivity index (χ4v) is 2.44. The van der Waals surface area contributed by atoms with E-state index in [0.29, 0.717) is 6.54 Å². The van der Waals surface area contributed by atoms with Crippen molar-refractivity contribution in [2.45, 2.75) is 12.8 Å². The van der Waals surface area contributed by atoms with E-state index in [0.717, 1.165) is 18.4 Å². The number of halogens is 1. The van der Waals surface area contributed by atoms with Gasteiger partial charge >= 0.3 is 0 Å². The summed E-state index contributed by atoms with van der Waals surface area (Å²) in [6, 6.07) is 13.0. The molecule has 0 saturated carbocycles. The normalized spacial score (nSPS) is 14.6. The Labute approximate surface area is 138 Å². The Kier molecular flexibility index (Phi) is 5.30. The summed E-state index contributed by atoms with van der Waals surface area (Å²) in [5, 5.41) is 20.3. The molecule has 0 spiro atoms. The van der Waals surface area contributed by atoms with Gasteiger partial charge in [0, 0.05) is 6.54 Å². The second-order valence-corrected chi connectivity index (χ2v) is 5.21. The van der Waals surface area contributed by atoms with Crippen LogP contribution in [-0.4, -0.2) is 18.1 Å². The smallest absolute Gasteiger partial charge is 0.222 e. The van der Waals surface area contributed by atoms with Gasteiger partial charge in [0.15, 0.2) is 0 Å². The van der Waals surface area contributed by atoms with Crippen LogP contribution in [0.3, 0.4) is 0 Å². The van der Waals surface area contributed by atoms with Crippen LogP contribution in [0.1, 0.15) is 12.0 Å². The van der Waals surface area contributed by atoms with Crippen molar-refractivity contribution in [3.05, 3.63) is 57.8 Å². The van der Waals surface area contributed by atoms with Crippen molar-refractivity contribution in [3.8, 4) is 12.1 Å². The molecule has 114 valence electrons. The van der Waals surface area contributed by atoms with Crippen LogP contribution in [0.15, 0.2) is 52.2 Å². The van der Waals surface area contributed by atoms with E-state index in [1.54, 1.807) is 12.1 Å². The van der Waals surface area contributed by atoms with Gasteiger partial charge in [-0.25, -0.2) is 0 Å². The highest BCUT2D eigenvalue weighted by Gasteiger charge is 2.34. The van der Waals surface area contributed by atoms with E-state index >= 15 is 0 Å². The number of carbonyl (C=O) groups is 2. The number of hydrogen-bond acceptors (Lipinski definition) is 5. The van der Waals surface area contributed by atoms with E-state index in [2.05, 4.69) is 5.32 Å². The number of carbonyl (C=O) groups excluding carboxylic acids is 2. The molecule has 1 aliphatic rings. The summed E-state index contributed by atoms with van der Waals surface area (Å²) in [5.41, 5.74) is 0.0786. The standard InChI is InChI=1S/C17H12ClN3O2/c18-14-15(17(23)13(10-20)12(9-19)16(14)22)21-8-4-7-11-5-2-1-3-6-11/h1-3,5-6,21H,4,7-8H2. The number of aryl methyl sites for hydroxylation is 1. The molecule has 0 atom stereocenters. The lowest BCUT2D eigenvalue weighted by Crippen LogP contribution is -2.30. The van der Waals surface area contributed by atoms with Crippen molar-refractivity contribution in [3.63, 3.8) is 0 Å². The highest BCUT2D eigenvalue weighted by atomic mass is 35.5. The van der Waals surface area contributed by atoms with Crippen molar-refractivity contribution >= 4 is 23.2 Å². The van der Waals surface area contributed by atoms with E-state index in [1.807, 2.05) is 30.3 Å². The number of ketones is 2. The predicted molar refractivity (Wildman–Crippen MR) is 83.9 cm³/mol. The third kappa shape index (κ3) is 3.48. The Morgan fingerprint density at radius 1 is 1.00 bits per heavy atom. The Bertz CT molecular complexity index is 795. The van der Waals surface area contributed by atoms with Gasteiger partial charge in [-0.15, -0.1) is 0 Å². The Morgan fingerprint density at radius 2 is 1.61 bits per heavy atom. The minimum absolute atomic E-state index is 0.111. The van der Waals surface area contributed by atoms with Gasteiger partial charge in [0.2, 0.25) is 11.6 Å². The van der Waals surface area contributed by atoms with Gasteiger partial charge in [-0.3, -0.25) is 9.59 Å². The fourth-order valence-electron chi connectivity index (χ4n) is 2.20. The molecule has 1 aromatic rings. The first-order valence-corrected chi connectivity index (χ1v) is 7.29. The third-order valence-electron chi connectivity index (χ3n) is 3.36. The second-order valence-electron chi connectivity index (χ2n) is 4.84. The fraction of sp³-hybridized carbons (Fsp3) is 0.176. The number of nitrogens with one attached hydrogen (secondary N) is 1. The maximum atomic E-state index is 12.2. The minimum Gasteiger partial charge on any atom is -0.381 e. The molecule has 0 amide bonds. The number of Topliss-reactive ketones (excluding diaryl/α,β-unsaturated/α-hetero) is 2. The molecule has 0 heterocycles. The van der Waals surface area contributed by atoms with Gasteiger partial charge in [0.1, 0.15) is 34.0 Å². The van der Waals surface area contributed by atoms with Crippen LogP contribution >= 0.6 is 11.6 Å². The van der Waals surface area contributed by atoms with E-state index in [1.165, 1.54) is 0 Å². The zero-order valence-electron chi connectivity index (χ0n) is 12.1. The number of nitriles is 2. The topological polar surface area (TPSA) is 93.8 Å². The lowest BCUT2D eigenvalue weighted by Gasteiger charge is -2.16. The molecule has 0 saturated heterocycles. The summed E-state index contributed by atoms with van der Waals surface area (Å²) in [5.74, 6) is -1.51. The van der Waals surface area contributed by atoms with Crippen LogP contribution in [0.5, 0.6) is 0 Å². The number of nitrogens with zero attached hydrogens (tertiary/aromatic N) is 2. The van der Waals surface area contributed by atoms with Crippen LogP contribution in [0.2, 0.25) is 0 Å². The number of benzene rings is 1. The summed E-state index contributed by atoms with van der Waals surface area (Å²) in [4.78, 5) is 24.1. The highest BCUT2D eigenvalue weighted by molar-refractivity contribution is 6.50. The molecule has 6 heteroatoms. The van der Waals surface area contributed by atoms with E-state index in [4.69, 9.17) is 22.1 Å². The molecular formula is C17H12ClN3O2. The molecule has 0 aromatic heterocycles. The molecule has 1 aliphatic carbocycles. The molecule has 1 N–H and O–H groups in total. The maximum absolute atomic E-state index is 12.2.